The number of anilines is 1. The molecule has 1 heterocycles. The van der Waals surface area contributed by atoms with Crippen molar-refractivity contribution in [1.29, 1.82) is 0 Å². The van der Waals surface area contributed by atoms with Crippen LogP contribution < -0.4 is 14.2 Å². The molecule has 0 aliphatic heterocycles. The van der Waals surface area contributed by atoms with Gasteiger partial charge in [0, 0.05) is 11.5 Å². The summed E-state index contributed by atoms with van der Waals surface area (Å²) < 4.78 is 38.0. The number of pyridine rings is 1. The molecule has 0 amide bonds. The van der Waals surface area contributed by atoms with Crippen molar-refractivity contribution >= 4 is 26.6 Å². The van der Waals surface area contributed by atoms with Crippen LogP contribution in [0.3, 0.4) is 0 Å². The highest BCUT2D eigenvalue weighted by molar-refractivity contribution is 7.92. The van der Waals surface area contributed by atoms with Crippen molar-refractivity contribution in [3.05, 3.63) is 54.7 Å². The molecule has 2 aromatic carbocycles. The number of hydrogen-bond donors (Lipinski definition) is 1. The normalized spacial score (nSPS) is 11.3. The van der Waals surface area contributed by atoms with Gasteiger partial charge in [0.2, 0.25) is 0 Å². The number of aromatic nitrogens is 1. The van der Waals surface area contributed by atoms with E-state index in [0.717, 1.165) is 10.9 Å². The van der Waals surface area contributed by atoms with Crippen molar-refractivity contribution in [2.75, 3.05) is 18.4 Å². The lowest BCUT2D eigenvalue weighted by Crippen LogP contribution is -2.13. The molecule has 6 nitrogen and oxygen atoms in total. The van der Waals surface area contributed by atoms with E-state index < -0.39 is 10.0 Å². The molecule has 1 aromatic heterocycles. The van der Waals surface area contributed by atoms with Crippen LogP contribution in [0.15, 0.2) is 59.6 Å². The number of fused-ring (bicyclic) bond motifs is 1. The second-order valence-electron chi connectivity index (χ2n) is 5.29. The summed E-state index contributed by atoms with van der Waals surface area (Å²) in [6, 6.07) is 13.4. The van der Waals surface area contributed by atoms with E-state index in [-0.39, 0.29) is 4.90 Å². The number of ether oxygens (including phenoxy) is 2. The minimum absolute atomic E-state index is 0.158. The van der Waals surface area contributed by atoms with Crippen molar-refractivity contribution < 1.29 is 17.9 Å². The third-order valence-corrected chi connectivity index (χ3v) is 4.99. The number of sulfonamides is 1. The lowest BCUT2D eigenvalue weighted by Gasteiger charge is -2.10. The third kappa shape index (κ3) is 3.83. The van der Waals surface area contributed by atoms with Crippen LogP contribution in [0.5, 0.6) is 11.5 Å². The van der Waals surface area contributed by atoms with Crippen LogP contribution in [0.1, 0.15) is 6.92 Å². The van der Waals surface area contributed by atoms with Gasteiger partial charge in [-0.25, -0.2) is 8.42 Å². The second kappa shape index (κ2) is 6.98. The average Bonchev–Trinajstić information content (AvgIpc) is 2.61. The zero-order chi connectivity index (χ0) is 17.9. The number of rotatable bonds is 6. The molecule has 0 spiro atoms. The first-order valence-electron chi connectivity index (χ1n) is 7.71. The molecule has 25 heavy (non-hydrogen) atoms. The highest BCUT2D eigenvalue weighted by atomic mass is 32.2. The molecule has 130 valence electrons. The Balaban J connectivity index is 1.85. The smallest absolute Gasteiger partial charge is 0.261 e. The van der Waals surface area contributed by atoms with E-state index in [1.54, 1.807) is 37.4 Å². The number of nitrogens with one attached hydrogen (secondary N) is 1. The topological polar surface area (TPSA) is 77.5 Å². The second-order valence-corrected chi connectivity index (χ2v) is 6.97. The Bertz CT molecular complexity index is 986. The van der Waals surface area contributed by atoms with Crippen LogP contribution in [-0.2, 0) is 10.0 Å². The fraction of sp³-hybridized carbons (Fsp3) is 0.167. The van der Waals surface area contributed by atoms with Crippen molar-refractivity contribution in [2.24, 2.45) is 0 Å². The fourth-order valence-electron chi connectivity index (χ4n) is 2.38. The molecule has 0 aliphatic rings. The van der Waals surface area contributed by atoms with Gasteiger partial charge >= 0.3 is 0 Å². The van der Waals surface area contributed by atoms with Gasteiger partial charge in [0.1, 0.15) is 11.5 Å². The van der Waals surface area contributed by atoms with Gasteiger partial charge in [0.25, 0.3) is 10.0 Å². The number of hydrogen-bond acceptors (Lipinski definition) is 5. The highest BCUT2D eigenvalue weighted by Crippen LogP contribution is 2.24. The van der Waals surface area contributed by atoms with Crippen LogP contribution in [0, 0.1) is 0 Å². The summed E-state index contributed by atoms with van der Waals surface area (Å²) in [6.45, 7) is 2.40. The standard InChI is InChI=1S/C18H18N2O4S/c1-3-24-15-6-8-17(9-7-15)25(21,22)20-14-10-13-4-5-16(23-2)11-18(13)19-12-14/h4-12,20H,3H2,1-2H3. The Hall–Kier alpha value is -2.80. The zero-order valence-corrected chi connectivity index (χ0v) is 14.7. The summed E-state index contributed by atoms with van der Waals surface area (Å²) in [4.78, 5) is 4.44. The van der Waals surface area contributed by atoms with Crippen LogP contribution >= 0.6 is 0 Å². The number of methoxy groups -OCH3 is 1. The summed E-state index contributed by atoms with van der Waals surface area (Å²) in [5, 5.41) is 0.813. The van der Waals surface area contributed by atoms with Crippen molar-refractivity contribution in [3.63, 3.8) is 0 Å². The molecular formula is C18H18N2O4S. The van der Waals surface area contributed by atoms with E-state index in [4.69, 9.17) is 9.47 Å². The first-order valence-corrected chi connectivity index (χ1v) is 9.19. The summed E-state index contributed by atoms with van der Waals surface area (Å²) in [5.41, 5.74) is 1.12. The molecule has 3 aromatic rings. The number of nitrogens with zero attached hydrogens (tertiary/aromatic N) is 1. The van der Waals surface area contributed by atoms with Gasteiger partial charge in [-0.3, -0.25) is 9.71 Å². The maximum Gasteiger partial charge on any atom is 0.261 e. The lowest BCUT2D eigenvalue weighted by atomic mass is 10.2. The van der Waals surface area contributed by atoms with Crippen LogP contribution in [-0.4, -0.2) is 27.1 Å². The molecular weight excluding hydrogens is 340 g/mol. The van der Waals surface area contributed by atoms with Gasteiger partial charge in [0.15, 0.2) is 0 Å². The first kappa shape index (κ1) is 17.0. The van der Waals surface area contributed by atoms with E-state index in [0.29, 0.717) is 23.8 Å². The molecule has 0 unspecified atom stereocenters. The molecule has 7 heteroatoms. The van der Waals surface area contributed by atoms with Gasteiger partial charge in [0.05, 0.1) is 36.0 Å². The Labute approximate surface area is 146 Å². The quantitative estimate of drug-likeness (QED) is 0.730. The van der Waals surface area contributed by atoms with Crippen LogP contribution in [0.4, 0.5) is 5.69 Å². The monoisotopic (exact) mass is 358 g/mol. The fourth-order valence-corrected chi connectivity index (χ4v) is 3.41. The number of benzene rings is 2. The molecule has 1 N–H and O–H groups in total. The SMILES string of the molecule is CCOc1ccc(S(=O)(=O)Nc2cnc3cc(OC)ccc3c2)cc1. The Morgan fingerprint density at radius 1 is 1.04 bits per heavy atom. The van der Waals surface area contributed by atoms with Crippen LogP contribution in [0.2, 0.25) is 0 Å². The summed E-state index contributed by atoms with van der Waals surface area (Å²) in [7, 11) is -2.11. The van der Waals surface area contributed by atoms with Gasteiger partial charge < -0.3 is 9.47 Å². The average molecular weight is 358 g/mol. The predicted molar refractivity (Wildman–Crippen MR) is 96.7 cm³/mol. The van der Waals surface area contributed by atoms with E-state index in [9.17, 15) is 8.42 Å². The maximum absolute atomic E-state index is 12.5. The van der Waals surface area contributed by atoms with Gasteiger partial charge in [-0.05, 0) is 49.4 Å². The molecule has 0 bridgehead atoms. The summed E-state index contributed by atoms with van der Waals surface area (Å²) in [5.74, 6) is 1.32. The lowest BCUT2D eigenvalue weighted by molar-refractivity contribution is 0.340. The summed E-state index contributed by atoms with van der Waals surface area (Å²) >= 11 is 0. The van der Waals surface area contributed by atoms with Gasteiger partial charge in [-0.15, -0.1) is 0 Å². The third-order valence-electron chi connectivity index (χ3n) is 3.59. The van der Waals surface area contributed by atoms with E-state index in [1.807, 2.05) is 13.0 Å². The molecule has 0 fully saturated rings. The van der Waals surface area contributed by atoms with Gasteiger partial charge in [-0.1, -0.05) is 0 Å². The molecule has 3 rings (SSSR count). The Kier molecular flexibility index (Phi) is 4.76. The van der Waals surface area contributed by atoms with Crippen molar-refractivity contribution in [2.45, 2.75) is 11.8 Å². The van der Waals surface area contributed by atoms with E-state index in [2.05, 4.69) is 9.71 Å². The molecule has 0 saturated heterocycles. The van der Waals surface area contributed by atoms with E-state index >= 15 is 0 Å². The molecule has 0 saturated carbocycles. The van der Waals surface area contributed by atoms with E-state index in [1.165, 1.54) is 18.3 Å². The van der Waals surface area contributed by atoms with Crippen molar-refractivity contribution in [1.82, 2.24) is 4.98 Å². The maximum atomic E-state index is 12.5. The molecule has 0 aliphatic carbocycles. The molecule has 0 radical (unpaired) electrons. The largest absolute Gasteiger partial charge is 0.497 e. The van der Waals surface area contributed by atoms with Crippen LogP contribution in [0.25, 0.3) is 10.9 Å². The highest BCUT2D eigenvalue weighted by Gasteiger charge is 2.15. The molecule has 0 atom stereocenters. The predicted octanol–water partition coefficient (Wildman–Crippen LogP) is 3.44. The minimum atomic E-state index is -3.70. The zero-order valence-electron chi connectivity index (χ0n) is 13.9. The van der Waals surface area contributed by atoms with Crippen molar-refractivity contribution in [3.8, 4) is 11.5 Å². The van der Waals surface area contributed by atoms with Gasteiger partial charge in [-0.2, -0.15) is 0 Å². The Morgan fingerprint density at radius 3 is 2.44 bits per heavy atom. The first-order chi connectivity index (χ1) is 12.0. The summed E-state index contributed by atoms with van der Waals surface area (Å²) in [6.07, 6.45) is 1.48. The Morgan fingerprint density at radius 2 is 1.76 bits per heavy atom. The minimum Gasteiger partial charge on any atom is -0.497 e.